The molecule has 1 heterocycles. The van der Waals surface area contributed by atoms with Gasteiger partial charge in [-0.1, -0.05) is 0 Å². The largest absolute Gasteiger partial charge is 0.465 e. The Morgan fingerprint density at radius 3 is 3.00 bits per heavy atom. The molecule has 0 atom stereocenters. The zero-order valence-corrected chi connectivity index (χ0v) is 11.4. The normalized spacial score (nSPS) is 10.2. The summed E-state index contributed by atoms with van der Waals surface area (Å²) in [6, 6.07) is 5.08. The maximum Gasteiger partial charge on any atom is 0.337 e. The number of methoxy groups -OCH3 is 1. The van der Waals surface area contributed by atoms with Gasteiger partial charge >= 0.3 is 5.97 Å². The molecular formula is C13H15N3O2S. The highest BCUT2D eigenvalue weighted by Crippen LogP contribution is 2.20. The second kappa shape index (κ2) is 6.19. The molecule has 1 aromatic carbocycles. The number of rotatable bonds is 5. The highest BCUT2D eigenvalue weighted by molar-refractivity contribution is 7.07. The molecule has 19 heavy (non-hydrogen) atoms. The van der Waals surface area contributed by atoms with Crippen molar-refractivity contribution in [1.29, 1.82) is 0 Å². The number of nitrogens with one attached hydrogen (secondary N) is 1. The Bertz CT molecular complexity index is 555. The first kappa shape index (κ1) is 13.4. The standard InChI is InChI=1S/C13H15N3O2S/c1-18-13(17)9-2-3-12(11(14)6-9)15-5-4-10-7-19-8-16-10/h2-3,6-8,15H,4-5,14H2,1H3. The third kappa shape index (κ3) is 3.45. The highest BCUT2D eigenvalue weighted by Gasteiger charge is 2.07. The number of carbonyl (C=O) groups excluding carboxylic acids is 1. The first-order valence-corrected chi connectivity index (χ1v) is 6.74. The molecule has 0 aliphatic heterocycles. The van der Waals surface area contributed by atoms with E-state index in [0.29, 0.717) is 11.3 Å². The lowest BCUT2D eigenvalue weighted by Gasteiger charge is -2.09. The van der Waals surface area contributed by atoms with Gasteiger partial charge < -0.3 is 15.8 Å². The van der Waals surface area contributed by atoms with Crippen molar-refractivity contribution < 1.29 is 9.53 Å². The molecule has 0 aliphatic carbocycles. The Morgan fingerprint density at radius 2 is 2.37 bits per heavy atom. The van der Waals surface area contributed by atoms with Crippen LogP contribution in [0.15, 0.2) is 29.1 Å². The number of nitrogens with zero attached hydrogens (tertiary/aromatic N) is 1. The third-order valence-electron chi connectivity index (χ3n) is 2.65. The summed E-state index contributed by atoms with van der Waals surface area (Å²) in [7, 11) is 1.35. The van der Waals surface area contributed by atoms with Crippen LogP contribution >= 0.6 is 11.3 Å². The molecule has 0 saturated heterocycles. The van der Waals surface area contributed by atoms with Gasteiger partial charge in [0.25, 0.3) is 0 Å². The van der Waals surface area contributed by atoms with Crippen molar-refractivity contribution in [2.45, 2.75) is 6.42 Å². The number of thiazole rings is 1. The van der Waals surface area contributed by atoms with Gasteiger partial charge in [-0.3, -0.25) is 0 Å². The van der Waals surface area contributed by atoms with Gasteiger partial charge in [0.2, 0.25) is 0 Å². The Balaban J connectivity index is 1.95. The van der Waals surface area contributed by atoms with Crippen LogP contribution in [0.5, 0.6) is 0 Å². The first-order chi connectivity index (χ1) is 9.20. The fourth-order valence-electron chi connectivity index (χ4n) is 1.65. The molecule has 0 amide bonds. The first-order valence-electron chi connectivity index (χ1n) is 5.79. The van der Waals surface area contributed by atoms with Crippen LogP contribution in [0.1, 0.15) is 16.1 Å². The van der Waals surface area contributed by atoms with Crippen molar-refractivity contribution in [3.05, 3.63) is 40.3 Å². The minimum atomic E-state index is -0.388. The number of hydrogen-bond donors (Lipinski definition) is 2. The molecule has 6 heteroatoms. The number of benzene rings is 1. The molecule has 2 aromatic rings. The monoisotopic (exact) mass is 277 g/mol. The van der Waals surface area contributed by atoms with E-state index in [1.165, 1.54) is 7.11 Å². The average molecular weight is 277 g/mol. The number of nitrogens with two attached hydrogens (primary N) is 1. The lowest BCUT2D eigenvalue weighted by Crippen LogP contribution is -2.08. The van der Waals surface area contributed by atoms with E-state index < -0.39 is 0 Å². The Labute approximate surface area is 115 Å². The predicted molar refractivity (Wildman–Crippen MR) is 76.5 cm³/mol. The number of anilines is 2. The molecular weight excluding hydrogens is 262 g/mol. The molecule has 0 radical (unpaired) electrons. The molecule has 0 spiro atoms. The maximum absolute atomic E-state index is 11.3. The van der Waals surface area contributed by atoms with E-state index in [9.17, 15) is 4.79 Å². The van der Waals surface area contributed by atoms with Crippen LogP contribution in [0.3, 0.4) is 0 Å². The summed E-state index contributed by atoms with van der Waals surface area (Å²) in [5, 5.41) is 5.24. The number of ether oxygens (including phenoxy) is 1. The fraction of sp³-hybridized carbons (Fsp3) is 0.231. The van der Waals surface area contributed by atoms with Crippen LogP contribution in [0, 0.1) is 0 Å². The Kier molecular flexibility index (Phi) is 4.35. The van der Waals surface area contributed by atoms with Gasteiger partial charge in [-0.15, -0.1) is 11.3 Å². The predicted octanol–water partition coefficient (Wildman–Crippen LogP) is 2.17. The molecule has 0 fully saturated rings. The second-order valence-electron chi connectivity index (χ2n) is 3.95. The summed E-state index contributed by atoms with van der Waals surface area (Å²) in [6.45, 7) is 0.742. The number of aromatic nitrogens is 1. The molecule has 2 rings (SSSR count). The number of esters is 1. The molecule has 1 aromatic heterocycles. The van der Waals surface area contributed by atoms with E-state index in [4.69, 9.17) is 5.73 Å². The molecule has 5 nitrogen and oxygen atoms in total. The zero-order chi connectivity index (χ0) is 13.7. The molecule has 0 bridgehead atoms. The summed E-state index contributed by atoms with van der Waals surface area (Å²) in [4.78, 5) is 15.5. The Morgan fingerprint density at radius 1 is 1.53 bits per heavy atom. The minimum absolute atomic E-state index is 0.388. The SMILES string of the molecule is COC(=O)c1ccc(NCCc2cscn2)c(N)c1. The molecule has 0 saturated carbocycles. The quantitative estimate of drug-likeness (QED) is 0.647. The van der Waals surface area contributed by atoms with Crippen molar-refractivity contribution in [1.82, 2.24) is 4.98 Å². The van der Waals surface area contributed by atoms with Gasteiger partial charge in [0, 0.05) is 18.3 Å². The lowest BCUT2D eigenvalue weighted by atomic mass is 10.1. The van der Waals surface area contributed by atoms with E-state index in [2.05, 4.69) is 15.0 Å². The molecule has 3 N–H and O–H groups in total. The van der Waals surface area contributed by atoms with Gasteiger partial charge in [0.1, 0.15) is 0 Å². The van der Waals surface area contributed by atoms with E-state index in [0.717, 1.165) is 24.3 Å². The smallest absolute Gasteiger partial charge is 0.337 e. The molecule has 0 unspecified atom stereocenters. The summed E-state index contributed by atoms with van der Waals surface area (Å²) in [6.07, 6.45) is 0.835. The van der Waals surface area contributed by atoms with Crippen molar-refractivity contribution in [3.63, 3.8) is 0 Å². The van der Waals surface area contributed by atoms with E-state index in [1.807, 2.05) is 10.9 Å². The van der Waals surface area contributed by atoms with Gasteiger partial charge in [0.15, 0.2) is 0 Å². The minimum Gasteiger partial charge on any atom is -0.465 e. The molecule has 100 valence electrons. The van der Waals surface area contributed by atoms with Crippen LogP contribution < -0.4 is 11.1 Å². The topological polar surface area (TPSA) is 77.2 Å². The van der Waals surface area contributed by atoms with Gasteiger partial charge in [-0.2, -0.15) is 0 Å². The van der Waals surface area contributed by atoms with Crippen molar-refractivity contribution >= 4 is 28.7 Å². The zero-order valence-electron chi connectivity index (χ0n) is 10.6. The van der Waals surface area contributed by atoms with E-state index in [-0.39, 0.29) is 5.97 Å². The molecule has 0 aliphatic rings. The van der Waals surface area contributed by atoms with Gasteiger partial charge in [0.05, 0.1) is 35.3 Å². The highest BCUT2D eigenvalue weighted by atomic mass is 32.1. The third-order valence-corrected chi connectivity index (χ3v) is 3.29. The summed E-state index contributed by atoms with van der Waals surface area (Å²) in [5.41, 5.74) is 10.5. The lowest BCUT2D eigenvalue weighted by molar-refractivity contribution is 0.0601. The summed E-state index contributed by atoms with van der Waals surface area (Å²) in [5.74, 6) is -0.388. The summed E-state index contributed by atoms with van der Waals surface area (Å²) >= 11 is 1.58. The van der Waals surface area contributed by atoms with Crippen LogP contribution in [-0.4, -0.2) is 24.6 Å². The summed E-state index contributed by atoms with van der Waals surface area (Å²) < 4.78 is 4.64. The van der Waals surface area contributed by atoms with Crippen molar-refractivity contribution in [2.24, 2.45) is 0 Å². The van der Waals surface area contributed by atoms with E-state index >= 15 is 0 Å². The number of nitrogen functional groups attached to an aromatic ring is 1. The van der Waals surface area contributed by atoms with Crippen molar-refractivity contribution in [3.8, 4) is 0 Å². The van der Waals surface area contributed by atoms with E-state index in [1.54, 1.807) is 29.5 Å². The van der Waals surface area contributed by atoms with Gasteiger partial charge in [-0.25, -0.2) is 9.78 Å². The second-order valence-corrected chi connectivity index (χ2v) is 4.67. The average Bonchev–Trinajstić information content (AvgIpc) is 2.93. The van der Waals surface area contributed by atoms with Crippen LogP contribution in [0.2, 0.25) is 0 Å². The number of carbonyl (C=O) groups is 1. The number of hydrogen-bond acceptors (Lipinski definition) is 6. The van der Waals surface area contributed by atoms with Crippen LogP contribution in [0.4, 0.5) is 11.4 Å². The van der Waals surface area contributed by atoms with Crippen LogP contribution in [0.25, 0.3) is 0 Å². The Hall–Kier alpha value is -2.08. The fourth-order valence-corrected chi connectivity index (χ4v) is 2.25. The van der Waals surface area contributed by atoms with Crippen molar-refractivity contribution in [2.75, 3.05) is 24.7 Å². The maximum atomic E-state index is 11.3. The van der Waals surface area contributed by atoms with Gasteiger partial charge in [-0.05, 0) is 18.2 Å². The van der Waals surface area contributed by atoms with Crippen LogP contribution in [-0.2, 0) is 11.2 Å².